The van der Waals surface area contributed by atoms with Crippen LogP contribution in [0.5, 0.6) is 5.75 Å². The first-order chi connectivity index (χ1) is 9.01. The highest BCUT2D eigenvalue weighted by Crippen LogP contribution is 2.29. The van der Waals surface area contributed by atoms with E-state index in [4.69, 9.17) is 10.5 Å². The van der Waals surface area contributed by atoms with Crippen molar-refractivity contribution in [2.75, 3.05) is 12.3 Å². The highest BCUT2D eigenvalue weighted by molar-refractivity contribution is 5.68. The second-order valence-electron chi connectivity index (χ2n) is 4.59. The Hall–Kier alpha value is -2.10. The van der Waals surface area contributed by atoms with Gasteiger partial charge in [0.15, 0.2) is 0 Å². The van der Waals surface area contributed by atoms with Gasteiger partial charge in [0.05, 0.1) is 12.3 Å². The molecule has 0 atom stereocenters. The summed E-state index contributed by atoms with van der Waals surface area (Å²) in [5, 5.41) is 0. The molecule has 0 saturated carbocycles. The second kappa shape index (κ2) is 5.26. The lowest BCUT2D eigenvalue weighted by Gasteiger charge is -2.12. The Labute approximate surface area is 113 Å². The number of nitrogen functional groups attached to an aromatic ring is 1. The molecule has 0 aliphatic heterocycles. The fourth-order valence-electron chi connectivity index (χ4n) is 2.11. The minimum Gasteiger partial charge on any atom is -0.494 e. The van der Waals surface area contributed by atoms with Crippen LogP contribution in [-0.2, 0) is 0 Å². The Morgan fingerprint density at radius 2 is 1.79 bits per heavy atom. The number of hydrogen-bond donors (Lipinski definition) is 1. The van der Waals surface area contributed by atoms with E-state index in [1.807, 2.05) is 33.8 Å². The zero-order chi connectivity index (χ0) is 14.0. The van der Waals surface area contributed by atoms with Crippen LogP contribution < -0.4 is 10.5 Å². The van der Waals surface area contributed by atoms with Gasteiger partial charge in [-0.05, 0) is 51.0 Å². The number of aromatic nitrogens is 2. The van der Waals surface area contributed by atoms with Crippen molar-refractivity contribution in [1.29, 1.82) is 0 Å². The van der Waals surface area contributed by atoms with Crippen LogP contribution in [0.3, 0.4) is 0 Å². The van der Waals surface area contributed by atoms with E-state index in [1.54, 1.807) is 6.07 Å². The minimum atomic E-state index is 0.494. The lowest BCUT2D eigenvalue weighted by atomic mass is 10.0. The first-order valence-corrected chi connectivity index (χ1v) is 6.37. The molecule has 1 aromatic carbocycles. The van der Waals surface area contributed by atoms with Crippen molar-refractivity contribution < 1.29 is 4.74 Å². The van der Waals surface area contributed by atoms with Crippen molar-refractivity contribution in [2.24, 2.45) is 0 Å². The molecule has 1 aromatic heterocycles. The number of aryl methyl sites for hydroxylation is 3. The van der Waals surface area contributed by atoms with Crippen LogP contribution in [0.4, 0.5) is 5.82 Å². The molecule has 0 unspecified atom stereocenters. The highest BCUT2D eigenvalue weighted by Gasteiger charge is 2.09. The molecule has 0 aliphatic rings. The SMILES string of the molecule is CCOc1cc(C)c(-c2cc(N)nc(C)n2)cc1C. The van der Waals surface area contributed by atoms with Gasteiger partial charge in [0, 0.05) is 11.6 Å². The van der Waals surface area contributed by atoms with E-state index in [-0.39, 0.29) is 0 Å². The molecular formula is C15H19N3O. The Morgan fingerprint density at radius 1 is 1.05 bits per heavy atom. The number of rotatable bonds is 3. The number of nitrogens with two attached hydrogens (primary N) is 1. The van der Waals surface area contributed by atoms with Gasteiger partial charge in [-0.15, -0.1) is 0 Å². The highest BCUT2D eigenvalue weighted by atomic mass is 16.5. The van der Waals surface area contributed by atoms with E-state index in [0.717, 1.165) is 28.1 Å². The summed E-state index contributed by atoms with van der Waals surface area (Å²) in [4.78, 5) is 8.55. The maximum absolute atomic E-state index is 5.79. The minimum absolute atomic E-state index is 0.494. The molecule has 0 spiro atoms. The number of nitrogens with zero attached hydrogens (tertiary/aromatic N) is 2. The summed E-state index contributed by atoms with van der Waals surface area (Å²) < 4.78 is 5.60. The molecule has 4 heteroatoms. The predicted octanol–water partition coefficient (Wildman–Crippen LogP) is 3.05. The van der Waals surface area contributed by atoms with Gasteiger partial charge in [-0.1, -0.05) is 0 Å². The third-order valence-corrected chi connectivity index (χ3v) is 2.96. The lowest BCUT2D eigenvalue weighted by Crippen LogP contribution is -2.00. The molecule has 2 aromatic rings. The van der Waals surface area contributed by atoms with Gasteiger partial charge < -0.3 is 10.5 Å². The average molecular weight is 257 g/mol. The third kappa shape index (κ3) is 2.84. The van der Waals surface area contributed by atoms with E-state index >= 15 is 0 Å². The Bertz CT molecular complexity index is 588. The van der Waals surface area contributed by atoms with Crippen molar-refractivity contribution in [3.05, 3.63) is 35.2 Å². The molecule has 0 aliphatic carbocycles. The van der Waals surface area contributed by atoms with Gasteiger partial charge in [0.25, 0.3) is 0 Å². The van der Waals surface area contributed by atoms with Crippen molar-refractivity contribution in [1.82, 2.24) is 9.97 Å². The van der Waals surface area contributed by atoms with Gasteiger partial charge in [0.2, 0.25) is 0 Å². The van der Waals surface area contributed by atoms with Crippen LogP contribution in [0, 0.1) is 20.8 Å². The standard InChI is InChI=1S/C15H19N3O/c1-5-19-14-7-9(2)12(6-10(14)3)13-8-15(16)18-11(4)17-13/h6-8H,5H2,1-4H3,(H2,16,17,18). The summed E-state index contributed by atoms with van der Waals surface area (Å²) in [6.45, 7) is 8.57. The lowest BCUT2D eigenvalue weighted by molar-refractivity contribution is 0.337. The zero-order valence-corrected chi connectivity index (χ0v) is 11.8. The first kappa shape index (κ1) is 13.3. The molecule has 1 heterocycles. The quantitative estimate of drug-likeness (QED) is 0.918. The van der Waals surface area contributed by atoms with E-state index in [2.05, 4.69) is 16.0 Å². The monoisotopic (exact) mass is 257 g/mol. The molecule has 0 bridgehead atoms. The number of hydrogen-bond acceptors (Lipinski definition) is 4. The van der Waals surface area contributed by atoms with Gasteiger partial charge in [0.1, 0.15) is 17.4 Å². The van der Waals surface area contributed by atoms with Gasteiger partial charge in [-0.3, -0.25) is 0 Å². The molecule has 0 saturated heterocycles. The summed E-state index contributed by atoms with van der Waals surface area (Å²) in [5.74, 6) is 2.09. The Morgan fingerprint density at radius 3 is 2.42 bits per heavy atom. The van der Waals surface area contributed by atoms with E-state index < -0.39 is 0 Å². The molecular weight excluding hydrogens is 238 g/mol. The smallest absolute Gasteiger partial charge is 0.128 e. The van der Waals surface area contributed by atoms with Gasteiger partial charge in [-0.25, -0.2) is 9.97 Å². The maximum Gasteiger partial charge on any atom is 0.128 e. The molecule has 0 radical (unpaired) electrons. The summed E-state index contributed by atoms with van der Waals surface area (Å²) >= 11 is 0. The summed E-state index contributed by atoms with van der Waals surface area (Å²) in [5.41, 5.74) is 9.92. The zero-order valence-electron chi connectivity index (χ0n) is 11.8. The fourth-order valence-corrected chi connectivity index (χ4v) is 2.11. The van der Waals surface area contributed by atoms with Crippen molar-refractivity contribution in [2.45, 2.75) is 27.7 Å². The second-order valence-corrected chi connectivity index (χ2v) is 4.59. The van der Waals surface area contributed by atoms with Crippen LogP contribution in [0.25, 0.3) is 11.3 Å². The summed E-state index contributed by atoms with van der Waals surface area (Å²) in [7, 11) is 0. The maximum atomic E-state index is 5.79. The topological polar surface area (TPSA) is 61.0 Å². The van der Waals surface area contributed by atoms with E-state index in [1.165, 1.54) is 0 Å². The van der Waals surface area contributed by atoms with Gasteiger partial charge in [-0.2, -0.15) is 0 Å². The Balaban J connectivity index is 2.53. The Kier molecular flexibility index (Phi) is 3.69. The van der Waals surface area contributed by atoms with Gasteiger partial charge >= 0.3 is 0 Å². The van der Waals surface area contributed by atoms with Crippen LogP contribution in [0.1, 0.15) is 23.9 Å². The summed E-state index contributed by atoms with van der Waals surface area (Å²) in [6, 6.07) is 5.93. The molecule has 4 nitrogen and oxygen atoms in total. The first-order valence-electron chi connectivity index (χ1n) is 6.37. The van der Waals surface area contributed by atoms with Crippen LogP contribution in [-0.4, -0.2) is 16.6 Å². The molecule has 19 heavy (non-hydrogen) atoms. The molecule has 2 rings (SSSR count). The van der Waals surface area contributed by atoms with Crippen molar-refractivity contribution in [3.63, 3.8) is 0 Å². The summed E-state index contributed by atoms with van der Waals surface area (Å²) in [6.07, 6.45) is 0. The molecule has 2 N–H and O–H groups in total. The van der Waals surface area contributed by atoms with Crippen molar-refractivity contribution >= 4 is 5.82 Å². The van der Waals surface area contributed by atoms with E-state index in [0.29, 0.717) is 18.2 Å². The molecule has 0 fully saturated rings. The normalized spacial score (nSPS) is 10.5. The van der Waals surface area contributed by atoms with Crippen LogP contribution in [0.15, 0.2) is 18.2 Å². The predicted molar refractivity (Wildman–Crippen MR) is 77.3 cm³/mol. The molecule has 0 amide bonds. The van der Waals surface area contributed by atoms with Crippen LogP contribution >= 0.6 is 0 Å². The number of ether oxygens (including phenoxy) is 1. The number of anilines is 1. The number of benzene rings is 1. The molecule has 100 valence electrons. The van der Waals surface area contributed by atoms with E-state index in [9.17, 15) is 0 Å². The largest absolute Gasteiger partial charge is 0.494 e. The van der Waals surface area contributed by atoms with Crippen LogP contribution in [0.2, 0.25) is 0 Å². The third-order valence-electron chi connectivity index (χ3n) is 2.96. The van der Waals surface area contributed by atoms with Crippen molar-refractivity contribution in [3.8, 4) is 17.0 Å². The average Bonchev–Trinajstić information content (AvgIpc) is 2.32. The fraction of sp³-hybridized carbons (Fsp3) is 0.333.